The molecule has 0 bridgehead atoms. The highest BCUT2D eigenvalue weighted by molar-refractivity contribution is 6.17. The minimum absolute atomic E-state index is 0.117. The molecule has 2 heterocycles. The first kappa shape index (κ1) is 13.2. The first-order valence-electron chi connectivity index (χ1n) is 6.42. The largest absolute Gasteiger partial charge is 0.497 e. The van der Waals surface area contributed by atoms with Gasteiger partial charge in [-0.15, -0.1) is 0 Å². The lowest BCUT2D eigenvalue weighted by atomic mass is 10.0. The Labute approximate surface area is 121 Å². The van der Waals surface area contributed by atoms with Crippen molar-refractivity contribution in [3.8, 4) is 11.5 Å². The number of methoxy groups -OCH3 is 2. The molecule has 0 amide bonds. The van der Waals surface area contributed by atoms with Crippen molar-refractivity contribution in [3.63, 3.8) is 0 Å². The van der Waals surface area contributed by atoms with Gasteiger partial charge in [0.05, 0.1) is 19.8 Å². The molecule has 0 aliphatic carbocycles. The van der Waals surface area contributed by atoms with Gasteiger partial charge in [0.25, 0.3) is 0 Å². The van der Waals surface area contributed by atoms with Crippen molar-refractivity contribution in [3.05, 3.63) is 54.0 Å². The molecule has 1 N–H and O–H groups in total. The van der Waals surface area contributed by atoms with Crippen molar-refractivity contribution in [1.82, 2.24) is 9.97 Å². The molecule has 2 aromatic heterocycles. The number of aromatic amines is 1. The van der Waals surface area contributed by atoms with Gasteiger partial charge in [-0.1, -0.05) is 0 Å². The lowest BCUT2D eigenvalue weighted by Crippen LogP contribution is -2.03. The molecule has 3 rings (SSSR count). The van der Waals surface area contributed by atoms with Gasteiger partial charge in [0.2, 0.25) is 0 Å². The van der Waals surface area contributed by atoms with Crippen molar-refractivity contribution < 1.29 is 14.3 Å². The van der Waals surface area contributed by atoms with Crippen LogP contribution in [-0.2, 0) is 0 Å². The van der Waals surface area contributed by atoms with Crippen LogP contribution in [-0.4, -0.2) is 30.0 Å². The van der Waals surface area contributed by atoms with Crippen LogP contribution in [0, 0.1) is 0 Å². The smallest absolute Gasteiger partial charge is 0.198 e. The zero-order valence-electron chi connectivity index (χ0n) is 11.7. The number of pyridine rings is 1. The number of hydrogen-bond donors (Lipinski definition) is 1. The number of rotatable bonds is 4. The van der Waals surface area contributed by atoms with Crippen LogP contribution in [0.15, 0.2) is 42.9 Å². The van der Waals surface area contributed by atoms with Gasteiger partial charge in [-0.3, -0.25) is 9.78 Å². The number of ether oxygens (including phenoxy) is 2. The van der Waals surface area contributed by atoms with Crippen LogP contribution >= 0.6 is 0 Å². The maximum atomic E-state index is 12.7. The van der Waals surface area contributed by atoms with Crippen molar-refractivity contribution in [1.29, 1.82) is 0 Å². The maximum absolute atomic E-state index is 12.7. The topological polar surface area (TPSA) is 64.2 Å². The van der Waals surface area contributed by atoms with Gasteiger partial charge in [0.1, 0.15) is 11.5 Å². The molecule has 0 aliphatic rings. The summed E-state index contributed by atoms with van der Waals surface area (Å²) < 4.78 is 10.4. The van der Waals surface area contributed by atoms with E-state index in [1.54, 1.807) is 43.9 Å². The highest BCUT2D eigenvalue weighted by atomic mass is 16.5. The molecular weight excluding hydrogens is 268 g/mol. The van der Waals surface area contributed by atoms with Crippen molar-refractivity contribution >= 4 is 16.7 Å². The zero-order valence-corrected chi connectivity index (χ0v) is 11.7. The molecule has 0 aliphatic heterocycles. The molecule has 5 nitrogen and oxygen atoms in total. The molecule has 0 fully saturated rings. The standard InChI is InChI=1S/C16H14N2O3/c1-20-10-3-4-11(15(7-10)21-2)16(19)13-9-18-14-5-6-17-8-12(13)14/h3-9,18H,1-2H3. The fourth-order valence-electron chi connectivity index (χ4n) is 2.28. The van der Waals surface area contributed by atoms with Crippen LogP contribution < -0.4 is 9.47 Å². The Hall–Kier alpha value is -2.82. The Balaban J connectivity index is 2.10. The fourth-order valence-corrected chi connectivity index (χ4v) is 2.28. The van der Waals surface area contributed by atoms with E-state index in [1.165, 1.54) is 7.11 Å². The highest BCUT2D eigenvalue weighted by Gasteiger charge is 2.18. The predicted molar refractivity (Wildman–Crippen MR) is 79.1 cm³/mol. The quantitative estimate of drug-likeness (QED) is 0.747. The van der Waals surface area contributed by atoms with E-state index >= 15 is 0 Å². The highest BCUT2D eigenvalue weighted by Crippen LogP contribution is 2.28. The van der Waals surface area contributed by atoms with Crippen LogP contribution in [0.25, 0.3) is 10.9 Å². The summed E-state index contributed by atoms with van der Waals surface area (Å²) in [4.78, 5) is 19.9. The van der Waals surface area contributed by atoms with E-state index in [0.717, 1.165) is 10.9 Å². The summed E-state index contributed by atoms with van der Waals surface area (Å²) in [5.74, 6) is 1.01. The summed E-state index contributed by atoms with van der Waals surface area (Å²) in [7, 11) is 3.10. The third kappa shape index (κ3) is 2.23. The second-order valence-corrected chi connectivity index (χ2v) is 4.52. The molecule has 0 saturated heterocycles. The van der Waals surface area contributed by atoms with Gasteiger partial charge in [0, 0.05) is 41.1 Å². The molecule has 0 radical (unpaired) electrons. The van der Waals surface area contributed by atoms with Gasteiger partial charge in [0.15, 0.2) is 5.78 Å². The average molecular weight is 282 g/mol. The Morgan fingerprint density at radius 3 is 2.76 bits per heavy atom. The second-order valence-electron chi connectivity index (χ2n) is 4.52. The summed E-state index contributed by atoms with van der Waals surface area (Å²) in [6.45, 7) is 0. The molecule has 0 spiro atoms. The normalized spacial score (nSPS) is 10.6. The van der Waals surface area contributed by atoms with Gasteiger partial charge >= 0.3 is 0 Å². The lowest BCUT2D eigenvalue weighted by Gasteiger charge is -2.09. The molecule has 106 valence electrons. The van der Waals surface area contributed by atoms with E-state index in [4.69, 9.17) is 9.47 Å². The van der Waals surface area contributed by atoms with Gasteiger partial charge < -0.3 is 14.5 Å². The first-order valence-corrected chi connectivity index (χ1v) is 6.42. The number of H-pyrrole nitrogens is 1. The SMILES string of the molecule is COc1ccc(C(=O)c2c[nH]c3ccncc23)c(OC)c1. The Bertz CT molecular complexity index is 808. The molecule has 0 saturated carbocycles. The minimum Gasteiger partial charge on any atom is -0.497 e. The summed E-state index contributed by atoms with van der Waals surface area (Å²) in [5, 5.41) is 0.792. The van der Waals surface area contributed by atoms with E-state index in [1.807, 2.05) is 6.07 Å². The minimum atomic E-state index is -0.117. The Kier molecular flexibility index (Phi) is 3.31. The lowest BCUT2D eigenvalue weighted by molar-refractivity contribution is 0.103. The summed E-state index contributed by atoms with van der Waals surface area (Å²) in [5.41, 5.74) is 1.94. The third-order valence-electron chi connectivity index (χ3n) is 3.38. The fraction of sp³-hybridized carbons (Fsp3) is 0.125. The Morgan fingerprint density at radius 1 is 1.14 bits per heavy atom. The van der Waals surface area contributed by atoms with E-state index in [9.17, 15) is 4.79 Å². The van der Waals surface area contributed by atoms with E-state index in [0.29, 0.717) is 22.6 Å². The Morgan fingerprint density at radius 2 is 2.00 bits per heavy atom. The van der Waals surface area contributed by atoms with Crippen molar-refractivity contribution in [2.45, 2.75) is 0 Å². The van der Waals surface area contributed by atoms with E-state index in [2.05, 4.69) is 9.97 Å². The van der Waals surface area contributed by atoms with Crippen LogP contribution in [0.1, 0.15) is 15.9 Å². The van der Waals surface area contributed by atoms with Gasteiger partial charge in [-0.25, -0.2) is 0 Å². The average Bonchev–Trinajstić information content (AvgIpc) is 2.97. The zero-order chi connectivity index (χ0) is 14.8. The van der Waals surface area contributed by atoms with Crippen molar-refractivity contribution in [2.24, 2.45) is 0 Å². The van der Waals surface area contributed by atoms with E-state index in [-0.39, 0.29) is 5.78 Å². The second kappa shape index (κ2) is 5.28. The van der Waals surface area contributed by atoms with Crippen LogP contribution in [0.3, 0.4) is 0 Å². The molecular formula is C16H14N2O3. The monoisotopic (exact) mass is 282 g/mol. The number of nitrogens with zero attached hydrogens (tertiary/aromatic N) is 1. The van der Waals surface area contributed by atoms with Gasteiger partial charge in [-0.05, 0) is 18.2 Å². The van der Waals surface area contributed by atoms with E-state index < -0.39 is 0 Å². The molecule has 5 heteroatoms. The molecule has 0 atom stereocenters. The summed E-state index contributed by atoms with van der Waals surface area (Å²) in [6, 6.07) is 6.97. The number of carbonyl (C=O) groups is 1. The summed E-state index contributed by atoms with van der Waals surface area (Å²) in [6.07, 6.45) is 5.05. The van der Waals surface area contributed by atoms with Crippen LogP contribution in [0.4, 0.5) is 0 Å². The number of carbonyl (C=O) groups excluding carboxylic acids is 1. The van der Waals surface area contributed by atoms with Crippen LogP contribution in [0.2, 0.25) is 0 Å². The molecule has 1 aromatic carbocycles. The maximum Gasteiger partial charge on any atom is 0.198 e. The summed E-state index contributed by atoms with van der Waals surface area (Å²) >= 11 is 0. The van der Waals surface area contributed by atoms with Crippen LogP contribution in [0.5, 0.6) is 11.5 Å². The number of benzene rings is 1. The molecule has 21 heavy (non-hydrogen) atoms. The third-order valence-corrected chi connectivity index (χ3v) is 3.38. The number of hydrogen-bond acceptors (Lipinski definition) is 4. The number of aromatic nitrogens is 2. The van der Waals surface area contributed by atoms with Crippen molar-refractivity contribution in [2.75, 3.05) is 14.2 Å². The molecule has 0 unspecified atom stereocenters. The predicted octanol–water partition coefficient (Wildman–Crippen LogP) is 2.81. The van der Waals surface area contributed by atoms with Gasteiger partial charge in [-0.2, -0.15) is 0 Å². The number of nitrogens with one attached hydrogen (secondary N) is 1. The molecule has 3 aromatic rings. The first-order chi connectivity index (χ1) is 10.2. The number of ketones is 1. The number of fused-ring (bicyclic) bond motifs is 1.